The molecule has 0 atom stereocenters. The maximum absolute atomic E-state index is 5.38. The second-order valence-corrected chi connectivity index (χ2v) is 5.69. The fraction of sp³-hybridized carbons (Fsp3) is 0.167. The molecule has 0 unspecified atom stereocenters. The van der Waals surface area contributed by atoms with Crippen molar-refractivity contribution < 1.29 is 24.5 Å². The van der Waals surface area contributed by atoms with E-state index in [1.165, 1.54) is 12.0 Å². The Kier molecular flexibility index (Phi) is 4.35. The molecule has 2 heterocycles. The first-order valence-corrected chi connectivity index (χ1v) is 7.37. The van der Waals surface area contributed by atoms with Gasteiger partial charge >= 0.3 is 0 Å². The third-order valence-electron chi connectivity index (χ3n) is 3.90. The fourth-order valence-electron chi connectivity index (χ4n) is 3.02. The van der Waals surface area contributed by atoms with Crippen LogP contribution in [-0.2, 0) is 20.1 Å². The number of benzene rings is 2. The quantitative estimate of drug-likeness (QED) is 0.397. The Balaban J connectivity index is 0.00000169. The van der Waals surface area contributed by atoms with Crippen molar-refractivity contribution in [2.75, 3.05) is 0 Å². The van der Waals surface area contributed by atoms with Crippen molar-refractivity contribution >= 4 is 11.1 Å². The second-order valence-electron chi connectivity index (χ2n) is 5.69. The van der Waals surface area contributed by atoms with Gasteiger partial charge in [-0.25, -0.2) is 0 Å². The maximum Gasteiger partial charge on any atom is 0.170 e. The zero-order chi connectivity index (χ0) is 16.0. The van der Waals surface area contributed by atoms with Gasteiger partial charge < -0.3 is 4.42 Å². The summed E-state index contributed by atoms with van der Waals surface area (Å²) in [5.74, 6) is 0.735. The summed E-state index contributed by atoms with van der Waals surface area (Å²) in [6.07, 6.45) is 2.99. The molecule has 0 saturated carbocycles. The van der Waals surface area contributed by atoms with Crippen LogP contribution in [-0.4, -0.2) is 19.7 Å². The molecule has 2 aromatic carbocycles. The van der Waals surface area contributed by atoms with Crippen LogP contribution >= 0.6 is 0 Å². The summed E-state index contributed by atoms with van der Waals surface area (Å²) in [7, 11) is 0. The zero-order valence-corrected chi connectivity index (χ0v) is 15.9. The minimum atomic E-state index is 0. The Bertz CT molecular complexity index is 996. The molecule has 6 heteroatoms. The summed E-state index contributed by atoms with van der Waals surface area (Å²) in [6, 6.07) is 11.2. The third kappa shape index (κ3) is 2.68. The zero-order valence-electron chi connectivity index (χ0n) is 13.5. The van der Waals surface area contributed by atoms with E-state index in [1.807, 2.05) is 16.8 Å². The van der Waals surface area contributed by atoms with Crippen LogP contribution in [0.25, 0.3) is 28.2 Å². The van der Waals surface area contributed by atoms with Gasteiger partial charge in [0, 0.05) is 25.6 Å². The van der Waals surface area contributed by atoms with Crippen molar-refractivity contribution in [2.45, 2.75) is 20.8 Å². The van der Waals surface area contributed by atoms with E-state index in [0.29, 0.717) is 5.58 Å². The van der Waals surface area contributed by atoms with Crippen LogP contribution in [0, 0.1) is 26.8 Å². The monoisotopic (exact) mass is 496 g/mol. The molecule has 2 aromatic heterocycles. The number of hydrogen-bond acceptors (Lipinski definition) is 4. The Hall–Kier alpha value is -2.30. The molecular formula is C18H15IrN4O-. The van der Waals surface area contributed by atoms with Gasteiger partial charge in [0.05, 0.1) is 17.1 Å². The molecule has 24 heavy (non-hydrogen) atoms. The molecule has 0 aliphatic heterocycles. The van der Waals surface area contributed by atoms with Gasteiger partial charge in [-0.15, -0.1) is 17.7 Å². The topological polar surface area (TPSA) is 56.7 Å². The number of hydrogen-bond donors (Lipinski definition) is 0. The van der Waals surface area contributed by atoms with Crippen molar-refractivity contribution in [3.8, 4) is 17.1 Å². The van der Waals surface area contributed by atoms with Crippen molar-refractivity contribution in [1.82, 2.24) is 19.7 Å². The SMILES string of the molecule is Cc1cc(C)c(-n2ncnc2-c2[c-]cc3ncoc3c2)c(C)c1.[Ir]. The van der Waals surface area contributed by atoms with E-state index in [4.69, 9.17) is 4.42 Å². The molecule has 123 valence electrons. The number of aromatic nitrogens is 4. The third-order valence-corrected chi connectivity index (χ3v) is 3.90. The molecule has 0 fully saturated rings. The molecule has 0 amide bonds. The van der Waals surface area contributed by atoms with Crippen LogP contribution in [0.3, 0.4) is 0 Å². The predicted octanol–water partition coefficient (Wildman–Crippen LogP) is 3.80. The molecule has 4 aromatic rings. The van der Waals surface area contributed by atoms with Gasteiger partial charge in [-0.3, -0.25) is 14.6 Å². The molecular weight excluding hydrogens is 480 g/mol. The van der Waals surface area contributed by atoms with Crippen molar-refractivity contribution in [3.05, 3.63) is 59.7 Å². The van der Waals surface area contributed by atoms with Gasteiger partial charge in [0.15, 0.2) is 6.39 Å². The predicted molar refractivity (Wildman–Crippen MR) is 87.4 cm³/mol. The molecule has 0 bridgehead atoms. The van der Waals surface area contributed by atoms with Gasteiger partial charge in [-0.2, -0.15) is 5.10 Å². The Morgan fingerprint density at radius 3 is 2.54 bits per heavy atom. The Labute approximate surface area is 153 Å². The average Bonchev–Trinajstić information content (AvgIpc) is 3.13. The van der Waals surface area contributed by atoms with E-state index >= 15 is 0 Å². The van der Waals surface area contributed by atoms with Crippen molar-refractivity contribution in [1.29, 1.82) is 0 Å². The standard InChI is InChI=1S/C18H15N4O.Ir/c1-11-6-12(2)17(13(3)7-11)22-18(19-9-21-22)14-4-5-15-16(8-14)23-10-20-15;/h5-10H,1-3H3;/q-1;. The van der Waals surface area contributed by atoms with Crippen LogP contribution < -0.4 is 0 Å². The normalized spacial score (nSPS) is 10.8. The van der Waals surface area contributed by atoms with Crippen LogP contribution in [0.5, 0.6) is 0 Å². The van der Waals surface area contributed by atoms with E-state index in [1.54, 1.807) is 6.33 Å². The average molecular weight is 496 g/mol. The van der Waals surface area contributed by atoms with E-state index < -0.39 is 0 Å². The number of aryl methyl sites for hydroxylation is 3. The van der Waals surface area contributed by atoms with Crippen LogP contribution in [0.1, 0.15) is 16.7 Å². The summed E-state index contributed by atoms with van der Waals surface area (Å²) >= 11 is 0. The molecule has 0 aliphatic rings. The molecule has 1 radical (unpaired) electrons. The van der Waals surface area contributed by atoms with Crippen molar-refractivity contribution in [2.24, 2.45) is 0 Å². The van der Waals surface area contributed by atoms with Gasteiger partial charge in [0.1, 0.15) is 6.33 Å². The summed E-state index contributed by atoms with van der Waals surface area (Å²) < 4.78 is 7.24. The van der Waals surface area contributed by atoms with Gasteiger partial charge in [-0.05, 0) is 31.9 Å². The maximum atomic E-state index is 5.38. The van der Waals surface area contributed by atoms with Crippen LogP contribution in [0.2, 0.25) is 0 Å². The van der Waals surface area contributed by atoms with E-state index in [2.05, 4.69) is 54.0 Å². The number of fused-ring (bicyclic) bond motifs is 1. The van der Waals surface area contributed by atoms with Crippen molar-refractivity contribution in [3.63, 3.8) is 0 Å². The summed E-state index contributed by atoms with van der Waals surface area (Å²) in [4.78, 5) is 8.54. The molecule has 0 spiro atoms. The van der Waals surface area contributed by atoms with Crippen LogP contribution in [0.15, 0.2) is 41.4 Å². The first-order chi connectivity index (χ1) is 11.1. The largest absolute Gasteiger partial charge is 0.464 e. The Morgan fingerprint density at radius 1 is 1.04 bits per heavy atom. The minimum Gasteiger partial charge on any atom is -0.464 e. The summed E-state index contributed by atoms with van der Waals surface area (Å²) in [5, 5.41) is 4.42. The Morgan fingerprint density at radius 2 is 1.79 bits per heavy atom. The fourth-order valence-corrected chi connectivity index (χ4v) is 3.02. The molecule has 0 saturated heterocycles. The van der Waals surface area contributed by atoms with Gasteiger partial charge in [0.2, 0.25) is 0 Å². The minimum absolute atomic E-state index is 0. The van der Waals surface area contributed by atoms with Gasteiger partial charge in [0.25, 0.3) is 0 Å². The second kappa shape index (κ2) is 6.30. The molecule has 0 N–H and O–H groups in total. The molecule has 0 aliphatic carbocycles. The van der Waals surface area contributed by atoms with Crippen LogP contribution in [0.4, 0.5) is 0 Å². The van der Waals surface area contributed by atoms with E-state index in [0.717, 1.165) is 33.7 Å². The number of rotatable bonds is 2. The summed E-state index contributed by atoms with van der Waals surface area (Å²) in [6.45, 7) is 6.27. The molecule has 4 rings (SSSR count). The first kappa shape index (κ1) is 16.6. The van der Waals surface area contributed by atoms with Gasteiger partial charge in [-0.1, -0.05) is 23.8 Å². The number of nitrogens with zero attached hydrogens (tertiary/aromatic N) is 4. The summed E-state index contributed by atoms with van der Waals surface area (Å²) in [5.41, 5.74) is 6.93. The first-order valence-electron chi connectivity index (χ1n) is 7.37. The van der Waals surface area contributed by atoms with E-state index in [-0.39, 0.29) is 20.1 Å². The molecule has 5 nitrogen and oxygen atoms in total. The van der Waals surface area contributed by atoms with E-state index in [9.17, 15) is 0 Å². The number of oxazole rings is 1. The smallest absolute Gasteiger partial charge is 0.170 e.